The highest BCUT2D eigenvalue weighted by Gasteiger charge is 2.30. The van der Waals surface area contributed by atoms with Crippen molar-refractivity contribution in [2.45, 2.75) is 30.6 Å². The molecule has 13 heteroatoms. The minimum atomic E-state index is -4.34. The second-order valence-corrected chi connectivity index (χ2v) is 8.41. The number of anilines is 1. The number of nitrogens with zero attached hydrogens (tertiary/aromatic N) is 3. The molecule has 1 aliphatic carbocycles. The molecule has 3 rings (SSSR count). The minimum Gasteiger partial charge on any atom is -0.467 e. The molecule has 1 aliphatic rings. The Balaban J connectivity index is 1.81. The maximum absolute atomic E-state index is 12.6. The van der Waals surface area contributed by atoms with Crippen molar-refractivity contribution in [3.8, 4) is 6.01 Å². The number of amides is 2. The third-order valence-electron chi connectivity index (χ3n) is 3.77. The van der Waals surface area contributed by atoms with Gasteiger partial charge in [0, 0.05) is 5.92 Å². The van der Waals surface area contributed by atoms with E-state index in [1.807, 2.05) is 4.72 Å². The maximum atomic E-state index is 12.6. The summed E-state index contributed by atoms with van der Waals surface area (Å²) in [7, 11) is -1.83. The molecule has 0 bridgehead atoms. The van der Waals surface area contributed by atoms with Gasteiger partial charge in [0.05, 0.1) is 14.2 Å². The molecule has 1 saturated carbocycles. The van der Waals surface area contributed by atoms with Crippen LogP contribution < -0.4 is 14.8 Å². The number of ether oxygens (including phenoxy) is 2. The fourth-order valence-corrected chi connectivity index (χ4v) is 4.96. The maximum Gasteiger partial charge on any atom is 0.349 e. The molecule has 28 heavy (non-hydrogen) atoms. The zero-order valence-electron chi connectivity index (χ0n) is 15.2. The van der Waals surface area contributed by atoms with Crippen molar-refractivity contribution < 1.29 is 27.5 Å². The first-order valence-corrected chi connectivity index (χ1v) is 10.4. The van der Waals surface area contributed by atoms with Crippen LogP contribution in [0.5, 0.6) is 6.01 Å². The van der Waals surface area contributed by atoms with Crippen LogP contribution in [0.15, 0.2) is 10.3 Å². The lowest BCUT2D eigenvalue weighted by Gasteiger charge is -2.10. The Kier molecular flexibility index (Phi) is 5.47. The van der Waals surface area contributed by atoms with Crippen LogP contribution in [0.1, 0.15) is 39.8 Å². The number of aromatic nitrogens is 3. The van der Waals surface area contributed by atoms with E-state index in [0.717, 1.165) is 31.3 Å². The second-order valence-electron chi connectivity index (χ2n) is 5.91. The Labute approximate surface area is 164 Å². The number of aryl methyl sites for hydroxylation is 1. The van der Waals surface area contributed by atoms with E-state index in [2.05, 4.69) is 25.0 Å². The number of urea groups is 1. The number of hydrogen-bond donors (Lipinski definition) is 2. The predicted molar refractivity (Wildman–Crippen MR) is 98.1 cm³/mol. The molecule has 0 aromatic carbocycles. The molecule has 0 unspecified atom stereocenters. The Hall–Kier alpha value is -2.80. The fourth-order valence-electron chi connectivity index (χ4n) is 2.34. The average molecular weight is 427 g/mol. The molecule has 2 aromatic rings. The van der Waals surface area contributed by atoms with E-state index in [1.54, 1.807) is 0 Å². The summed E-state index contributed by atoms with van der Waals surface area (Å²) in [5.41, 5.74) is 0.309. The molecule has 0 saturated heterocycles. The summed E-state index contributed by atoms with van der Waals surface area (Å²) < 4.78 is 36.6. The third kappa shape index (κ3) is 4.20. The van der Waals surface area contributed by atoms with Gasteiger partial charge in [0.2, 0.25) is 5.95 Å². The second kappa shape index (κ2) is 7.67. The highest BCUT2D eigenvalue weighted by Crippen LogP contribution is 2.38. The van der Waals surface area contributed by atoms with Crippen LogP contribution in [0.3, 0.4) is 0 Å². The van der Waals surface area contributed by atoms with Gasteiger partial charge < -0.3 is 9.47 Å². The first-order valence-electron chi connectivity index (χ1n) is 8.05. The highest BCUT2D eigenvalue weighted by molar-refractivity contribution is 7.90. The molecule has 0 radical (unpaired) electrons. The highest BCUT2D eigenvalue weighted by atomic mass is 32.2. The van der Waals surface area contributed by atoms with Crippen LogP contribution in [0.4, 0.5) is 10.7 Å². The van der Waals surface area contributed by atoms with Crippen molar-refractivity contribution in [3.05, 3.63) is 21.6 Å². The van der Waals surface area contributed by atoms with Crippen molar-refractivity contribution in [2.24, 2.45) is 0 Å². The fraction of sp³-hybridized carbons (Fsp3) is 0.400. The van der Waals surface area contributed by atoms with E-state index in [1.165, 1.54) is 19.4 Å². The molecule has 1 fully saturated rings. The van der Waals surface area contributed by atoms with Crippen molar-refractivity contribution in [1.82, 2.24) is 19.7 Å². The molecule has 0 aliphatic heterocycles. The number of thiophene rings is 1. The summed E-state index contributed by atoms with van der Waals surface area (Å²) >= 11 is 0.909. The molecule has 150 valence electrons. The summed E-state index contributed by atoms with van der Waals surface area (Å²) in [4.78, 5) is 35.7. The van der Waals surface area contributed by atoms with Gasteiger partial charge in [-0.2, -0.15) is 15.0 Å². The first-order chi connectivity index (χ1) is 13.2. The third-order valence-corrected chi connectivity index (χ3v) is 6.49. The summed E-state index contributed by atoms with van der Waals surface area (Å²) in [6, 6.07) is -1.08. The molecular formula is C15H17N5O6S2. The SMILES string of the molecule is COC(=O)c1scc(C)c1S(=O)(=O)NC(=O)Nc1nc(OC)nc(C2CC2)n1. The topological polar surface area (TPSA) is 149 Å². The van der Waals surface area contributed by atoms with Gasteiger partial charge in [-0.1, -0.05) is 0 Å². The Morgan fingerprint density at radius 1 is 1.21 bits per heavy atom. The molecule has 0 atom stereocenters. The molecule has 2 aromatic heterocycles. The van der Waals surface area contributed by atoms with Gasteiger partial charge in [0.25, 0.3) is 10.0 Å². The van der Waals surface area contributed by atoms with Crippen LogP contribution in [-0.2, 0) is 14.8 Å². The van der Waals surface area contributed by atoms with Crippen LogP contribution in [0.25, 0.3) is 0 Å². The Morgan fingerprint density at radius 3 is 2.54 bits per heavy atom. The van der Waals surface area contributed by atoms with Gasteiger partial charge >= 0.3 is 18.0 Å². The smallest absolute Gasteiger partial charge is 0.349 e. The van der Waals surface area contributed by atoms with Crippen molar-refractivity contribution >= 4 is 39.3 Å². The summed E-state index contributed by atoms with van der Waals surface area (Å²) in [5.74, 6) is -0.321. The van der Waals surface area contributed by atoms with Crippen molar-refractivity contribution in [1.29, 1.82) is 0 Å². The lowest BCUT2D eigenvalue weighted by molar-refractivity contribution is 0.0602. The number of carbonyl (C=O) groups is 2. The predicted octanol–water partition coefficient (Wildman–Crippen LogP) is 1.42. The molecular weight excluding hydrogens is 410 g/mol. The van der Waals surface area contributed by atoms with Gasteiger partial charge in [-0.25, -0.2) is 22.7 Å². The van der Waals surface area contributed by atoms with E-state index in [0.29, 0.717) is 11.4 Å². The Morgan fingerprint density at radius 2 is 1.93 bits per heavy atom. The van der Waals surface area contributed by atoms with Crippen LogP contribution in [-0.4, -0.2) is 49.6 Å². The number of nitrogens with one attached hydrogen (secondary N) is 2. The van der Waals surface area contributed by atoms with E-state index in [4.69, 9.17) is 4.74 Å². The Bertz CT molecular complexity index is 1030. The summed E-state index contributed by atoms with van der Waals surface area (Å²) in [6.07, 6.45) is 1.84. The summed E-state index contributed by atoms with van der Waals surface area (Å²) in [6.45, 7) is 1.51. The number of hydrogen-bond acceptors (Lipinski definition) is 10. The van der Waals surface area contributed by atoms with Gasteiger partial charge in [-0.05, 0) is 30.7 Å². The quantitative estimate of drug-likeness (QED) is 0.653. The first kappa shape index (κ1) is 19.9. The molecule has 2 amide bonds. The number of esters is 1. The standard InChI is InChI=1S/C15H17N5O6S2/c1-7-6-27-9(12(21)25-2)10(7)28(23,24)20-14(22)18-13-16-11(8-4-5-8)17-15(19-13)26-3/h6,8H,4-5H2,1-3H3,(H2,16,17,18,19,20,22). The number of methoxy groups -OCH3 is 2. The van der Waals surface area contributed by atoms with Gasteiger partial charge in [0.1, 0.15) is 15.6 Å². The lowest BCUT2D eigenvalue weighted by Crippen LogP contribution is -2.35. The number of rotatable bonds is 6. The molecule has 2 heterocycles. The van der Waals surface area contributed by atoms with Crippen LogP contribution >= 0.6 is 11.3 Å². The van der Waals surface area contributed by atoms with Crippen molar-refractivity contribution in [2.75, 3.05) is 19.5 Å². The number of sulfonamides is 1. The molecule has 2 N–H and O–H groups in total. The monoisotopic (exact) mass is 427 g/mol. The van der Waals surface area contributed by atoms with Crippen LogP contribution in [0.2, 0.25) is 0 Å². The summed E-state index contributed by atoms with van der Waals surface area (Å²) in [5, 5.41) is 3.74. The van der Waals surface area contributed by atoms with Gasteiger partial charge in [-0.3, -0.25) is 5.32 Å². The van der Waals surface area contributed by atoms with Gasteiger partial charge in [0.15, 0.2) is 0 Å². The van der Waals surface area contributed by atoms with E-state index >= 15 is 0 Å². The lowest BCUT2D eigenvalue weighted by atomic mass is 10.3. The van der Waals surface area contributed by atoms with E-state index in [9.17, 15) is 18.0 Å². The normalized spacial score (nSPS) is 13.7. The zero-order chi connectivity index (χ0) is 20.5. The van der Waals surface area contributed by atoms with E-state index in [-0.39, 0.29) is 27.6 Å². The molecule has 11 nitrogen and oxygen atoms in total. The zero-order valence-corrected chi connectivity index (χ0v) is 16.8. The van der Waals surface area contributed by atoms with Crippen LogP contribution in [0, 0.1) is 6.92 Å². The largest absolute Gasteiger partial charge is 0.467 e. The van der Waals surface area contributed by atoms with Gasteiger partial charge in [-0.15, -0.1) is 11.3 Å². The average Bonchev–Trinajstić information content (AvgIpc) is 3.41. The van der Waals surface area contributed by atoms with E-state index < -0.39 is 22.0 Å². The van der Waals surface area contributed by atoms with Crippen molar-refractivity contribution in [3.63, 3.8) is 0 Å². The number of carbonyl (C=O) groups excluding carboxylic acids is 2. The minimum absolute atomic E-state index is 0.0108. The molecule has 0 spiro atoms.